The van der Waals surface area contributed by atoms with Crippen molar-refractivity contribution in [1.82, 2.24) is 9.80 Å². The lowest BCUT2D eigenvalue weighted by Gasteiger charge is -2.72. The highest BCUT2D eigenvalue weighted by molar-refractivity contribution is 6.30. The van der Waals surface area contributed by atoms with E-state index in [0.29, 0.717) is 41.8 Å². The van der Waals surface area contributed by atoms with E-state index in [0.717, 1.165) is 75.3 Å². The number of fused-ring (bicyclic) bond motifs is 7. The van der Waals surface area contributed by atoms with E-state index >= 15 is 0 Å². The lowest BCUT2D eigenvalue weighted by Crippen LogP contribution is -2.66. The van der Waals surface area contributed by atoms with Crippen LogP contribution in [0.1, 0.15) is 132 Å². The van der Waals surface area contributed by atoms with Crippen LogP contribution in [0, 0.1) is 62.6 Å². The molecule has 0 amide bonds. The van der Waals surface area contributed by atoms with Gasteiger partial charge in [0.1, 0.15) is 6.10 Å². The summed E-state index contributed by atoms with van der Waals surface area (Å²) in [6.07, 6.45) is 8.99. The van der Waals surface area contributed by atoms with Crippen LogP contribution in [0.3, 0.4) is 0 Å². The van der Waals surface area contributed by atoms with Gasteiger partial charge in [0.15, 0.2) is 5.78 Å². The summed E-state index contributed by atoms with van der Waals surface area (Å²) in [5.41, 5.74) is 2.91. The minimum atomic E-state index is -1.15. The van der Waals surface area contributed by atoms with Crippen molar-refractivity contribution in [3.63, 3.8) is 0 Å². The highest BCUT2D eigenvalue weighted by atomic mass is 35.5. The van der Waals surface area contributed by atoms with Gasteiger partial charge in [-0.3, -0.25) is 19.3 Å². The second-order valence-electron chi connectivity index (χ2n) is 21.5. The van der Waals surface area contributed by atoms with E-state index in [2.05, 4.69) is 84.5 Å². The summed E-state index contributed by atoms with van der Waals surface area (Å²) in [6.45, 7) is 24.1. The lowest BCUT2D eigenvalue weighted by molar-refractivity contribution is -0.234. The molecule has 1 aromatic carbocycles. The van der Waals surface area contributed by atoms with Crippen LogP contribution in [0.25, 0.3) is 0 Å². The number of hydrogen-bond donors (Lipinski definition) is 1. The van der Waals surface area contributed by atoms with Gasteiger partial charge in [-0.2, -0.15) is 0 Å². The van der Waals surface area contributed by atoms with Crippen molar-refractivity contribution in [3.8, 4) is 0 Å². The summed E-state index contributed by atoms with van der Waals surface area (Å²) in [5.74, 6) is 1.46. The molecule has 6 rings (SSSR count). The number of esters is 1. The molecule has 1 N–H and O–H groups in total. The number of ketones is 1. The molecule has 0 heterocycles. The number of aliphatic carboxylic acids is 1. The molecule has 312 valence electrons. The van der Waals surface area contributed by atoms with Gasteiger partial charge in [0.25, 0.3) is 0 Å². The second-order valence-corrected chi connectivity index (χ2v) is 22.0. The fourth-order valence-electron chi connectivity index (χ4n) is 13.7. The first-order chi connectivity index (χ1) is 26.0. The number of rotatable bonds is 13. The van der Waals surface area contributed by atoms with Crippen molar-refractivity contribution < 1.29 is 24.2 Å². The zero-order valence-electron chi connectivity index (χ0n) is 36.6. The predicted molar refractivity (Wildman–Crippen MR) is 225 cm³/mol. The number of carboxylic acid groups (broad SMARTS) is 1. The molecule has 0 aliphatic heterocycles. The lowest BCUT2D eigenvalue weighted by atomic mass is 9.33. The van der Waals surface area contributed by atoms with Gasteiger partial charge in [-0.1, -0.05) is 77.8 Å². The molecule has 5 aliphatic carbocycles. The van der Waals surface area contributed by atoms with Crippen LogP contribution >= 0.6 is 11.6 Å². The monoisotopic (exact) mass is 793 g/mol. The maximum Gasteiger partial charge on any atom is 0.309 e. The van der Waals surface area contributed by atoms with Gasteiger partial charge in [-0.15, -0.1) is 0 Å². The quantitative estimate of drug-likeness (QED) is 0.199. The van der Waals surface area contributed by atoms with Gasteiger partial charge < -0.3 is 14.7 Å². The van der Waals surface area contributed by atoms with Crippen LogP contribution in [0.4, 0.5) is 0 Å². The first-order valence-electron chi connectivity index (χ1n) is 21.9. The Morgan fingerprint density at radius 1 is 0.929 bits per heavy atom. The molecular weight excluding hydrogens is 720 g/mol. The highest BCUT2D eigenvalue weighted by Gasteiger charge is 2.69. The smallest absolute Gasteiger partial charge is 0.309 e. The predicted octanol–water partition coefficient (Wildman–Crippen LogP) is 10.3. The molecule has 1 aromatic rings. The Labute approximate surface area is 343 Å². The molecule has 8 heteroatoms. The van der Waals surface area contributed by atoms with Crippen LogP contribution in [-0.4, -0.2) is 72.5 Å². The number of Topliss-reactive ketones (excluding diaryl/α,β-unsaturated/α-hetero) is 1. The van der Waals surface area contributed by atoms with Gasteiger partial charge in [0.05, 0.1) is 11.8 Å². The molecule has 4 fully saturated rings. The number of carbonyl (C=O) groups is 3. The molecule has 0 aromatic heterocycles. The van der Waals surface area contributed by atoms with E-state index in [9.17, 15) is 19.5 Å². The van der Waals surface area contributed by atoms with Crippen molar-refractivity contribution >= 4 is 29.3 Å². The zero-order chi connectivity index (χ0) is 41.2. The molecular formula is C48H73ClN2O5. The Hall–Kier alpha value is -2.22. The van der Waals surface area contributed by atoms with Crippen LogP contribution in [0.2, 0.25) is 5.02 Å². The van der Waals surface area contributed by atoms with Gasteiger partial charge in [0, 0.05) is 36.5 Å². The molecule has 5 aliphatic rings. The summed E-state index contributed by atoms with van der Waals surface area (Å²) < 4.78 is 6.23. The van der Waals surface area contributed by atoms with E-state index in [1.807, 2.05) is 12.1 Å². The van der Waals surface area contributed by atoms with Crippen molar-refractivity contribution in [2.24, 2.45) is 62.6 Å². The second kappa shape index (κ2) is 15.8. The third-order valence-electron chi connectivity index (χ3n) is 16.9. The summed E-state index contributed by atoms with van der Waals surface area (Å²) in [5, 5.41) is 10.4. The van der Waals surface area contributed by atoms with Crippen LogP contribution in [0.5, 0.6) is 0 Å². The Balaban J connectivity index is 1.28. The SMILES string of the molecule is CC(C)C1=C2C(CC1=O)[C@@H](CCN(CCN(C)C)Cc1ccc(Cl)cc1)C[C@]1(C)[C@@H]2CCC2[C@@]3(C)CC[C@H](OC(=O)CC(C)(C)C(=O)O)C(C)(C)C3CC[C@]21C. The number of carbonyl (C=O) groups excluding carboxylic acids is 2. The number of likely N-dealkylation sites (N-methyl/N-ethyl adjacent to an activating group) is 1. The number of carboxylic acids is 1. The third kappa shape index (κ3) is 7.69. The molecule has 3 unspecified atom stereocenters. The molecule has 0 bridgehead atoms. The van der Waals surface area contributed by atoms with Gasteiger partial charge >= 0.3 is 11.9 Å². The first kappa shape index (κ1) is 43.4. The normalized spacial score (nSPS) is 35.3. The number of halogens is 1. The summed E-state index contributed by atoms with van der Waals surface area (Å²) in [6, 6.07) is 8.30. The maximum absolute atomic E-state index is 14.0. The van der Waals surface area contributed by atoms with Crippen molar-refractivity contribution in [1.29, 1.82) is 0 Å². The number of benzene rings is 1. The van der Waals surface area contributed by atoms with Gasteiger partial charge in [0.2, 0.25) is 0 Å². The summed E-state index contributed by atoms with van der Waals surface area (Å²) in [7, 11) is 4.30. The van der Waals surface area contributed by atoms with Crippen molar-refractivity contribution in [2.45, 2.75) is 139 Å². The summed E-state index contributed by atoms with van der Waals surface area (Å²) in [4.78, 5) is 43.9. The standard InChI is InChI=1S/C48H73ClN2O5/c1-30(2)41-36(52)26-34-32(20-23-51(25-24-50(10)11)29-31-12-14-33(49)15-13-31)27-48(9)35(42(34)41)16-17-38-46(7)21-19-39(56-40(53)28-44(3,4)43(54)55)45(5,6)37(46)18-22-47(38,48)8/h12-15,30,32,34-35,37-39H,16-29H2,1-11H3,(H,54,55)/t32-,34?,35+,37?,38?,39-,46-,47+,48+/m0/s1. The Kier molecular flexibility index (Phi) is 12.2. The molecule has 0 saturated heterocycles. The fourth-order valence-corrected chi connectivity index (χ4v) is 13.9. The number of hydrogen-bond acceptors (Lipinski definition) is 6. The maximum atomic E-state index is 14.0. The molecule has 4 saturated carbocycles. The van der Waals surface area contributed by atoms with Crippen molar-refractivity contribution in [2.75, 3.05) is 33.7 Å². The molecule has 7 nitrogen and oxygen atoms in total. The average Bonchev–Trinajstić information content (AvgIpc) is 3.45. The number of nitrogens with zero attached hydrogens (tertiary/aromatic N) is 2. The Morgan fingerprint density at radius 2 is 1.61 bits per heavy atom. The molecule has 56 heavy (non-hydrogen) atoms. The third-order valence-corrected chi connectivity index (χ3v) is 17.1. The van der Waals surface area contributed by atoms with Crippen LogP contribution in [0.15, 0.2) is 35.4 Å². The first-order valence-corrected chi connectivity index (χ1v) is 22.2. The zero-order valence-corrected chi connectivity index (χ0v) is 37.4. The van der Waals surface area contributed by atoms with Crippen LogP contribution < -0.4 is 0 Å². The summed E-state index contributed by atoms with van der Waals surface area (Å²) >= 11 is 6.27. The average molecular weight is 794 g/mol. The topological polar surface area (TPSA) is 87.2 Å². The van der Waals surface area contributed by atoms with Crippen molar-refractivity contribution in [3.05, 3.63) is 46.0 Å². The Bertz CT molecular complexity index is 1680. The minimum absolute atomic E-state index is 0.0751. The minimum Gasteiger partial charge on any atom is -0.481 e. The Morgan fingerprint density at radius 3 is 2.23 bits per heavy atom. The number of allylic oxidation sites excluding steroid dienone is 2. The highest BCUT2D eigenvalue weighted by Crippen LogP contribution is 2.76. The molecule has 0 spiro atoms. The van der Waals surface area contributed by atoms with Crippen LogP contribution in [-0.2, 0) is 25.7 Å². The van der Waals surface area contributed by atoms with E-state index < -0.39 is 17.4 Å². The van der Waals surface area contributed by atoms with E-state index in [1.54, 1.807) is 19.4 Å². The van der Waals surface area contributed by atoms with E-state index in [-0.39, 0.29) is 40.1 Å². The van der Waals surface area contributed by atoms with Gasteiger partial charge in [-0.25, -0.2) is 0 Å². The molecule has 0 radical (unpaired) electrons. The fraction of sp³-hybridized carbons (Fsp3) is 0.771. The number of ether oxygens (including phenoxy) is 1. The molecule has 9 atom stereocenters. The van der Waals surface area contributed by atoms with E-state index in [4.69, 9.17) is 16.3 Å². The largest absolute Gasteiger partial charge is 0.481 e. The van der Waals surface area contributed by atoms with Gasteiger partial charge in [-0.05, 0) is 161 Å². The van der Waals surface area contributed by atoms with E-state index in [1.165, 1.54) is 18.4 Å².